The maximum atomic E-state index is 13.0. The Morgan fingerprint density at radius 3 is 2.21 bits per heavy atom. The second kappa shape index (κ2) is 14.6. The molecule has 0 radical (unpaired) electrons. The summed E-state index contributed by atoms with van der Waals surface area (Å²) in [6, 6.07) is 24.4. The van der Waals surface area contributed by atoms with E-state index in [-0.39, 0.29) is 31.2 Å². The van der Waals surface area contributed by atoms with Crippen molar-refractivity contribution in [3.05, 3.63) is 94.4 Å². The molecule has 1 saturated heterocycles. The van der Waals surface area contributed by atoms with E-state index < -0.39 is 17.2 Å². The Morgan fingerprint density at radius 2 is 1.60 bits per heavy atom. The number of carbonyl (C=O) groups is 1. The average molecular weight is 609 g/mol. The fourth-order valence-corrected chi connectivity index (χ4v) is 5.31. The third-order valence-electron chi connectivity index (χ3n) is 7.71. The van der Waals surface area contributed by atoms with Crippen molar-refractivity contribution in [3.8, 4) is 0 Å². The molecule has 0 spiro atoms. The molecule has 0 amide bonds. The van der Waals surface area contributed by atoms with Crippen LogP contribution in [0.3, 0.4) is 0 Å². The van der Waals surface area contributed by atoms with Crippen molar-refractivity contribution >= 4 is 29.8 Å². The van der Waals surface area contributed by atoms with E-state index in [0.717, 1.165) is 50.1 Å². The number of aromatic nitrogens is 4. The number of fused-ring (bicyclic) bond motifs is 1. The molecule has 1 aliphatic rings. The van der Waals surface area contributed by atoms with Gasteiger partial charge >= 0.3 is 11.7 Å². The van der Waals surface area contributed by atoms with Crippen molar-refractivity contribution in [2.24, 2.45) is 0 Å². The zero-order valence-electron chi connectivity index (χ0n) is 25.0. The summed E-state index contributed by atoms with van der Waals surface area (Å²) in [5.74, 6) is 0.0646. The van der Waals surface area contributed by atoms with Crippen LogP contribution in [0.5, 0.6) is 0 Å². The van der Waals surface area contributed by atoms with E-state index in [1.54, 1.807) is 32.9 Å². The van der Waals surface area contributed by atoms with Crippen LogP contribution in [0.1, 0.15) is 57.3 Å². The van der Waals surface area contributed by atoms with E-state index in [9.17, 15) is 9.59 Å². The summed E-state index contributed by atoms with van der Waals surface area (Å²) in [6.45, 7) is 8.85. The molecule has 1 N–H and O–H groups in total. The number of piperidine rings is 1. The quantitative estimate of drug-likeness (QED) is 0.183. The van der Waals surface area contributed by atoms with Gasteiger partial charge in [-0.15, -0.1) is 22.6 Å². The lowest BCUT2D eigenvalue weighted by molar-refractivity contribution is -0.152. The van der Waals surface area contributed by atoms with Crippen LogP contribution in [0.25, 0.3) is 5.65 Å². The Balaban J connectivity index is 0.00000423. The molecule has 1 aliphatic heterocycles. The molecule has 10 nitrogen and oxygen atoms in total. The molecule has 2 aromatic carbocycles. The SMILES string of the molecule is CCOC(=O)C(C)(C)n1nc2ccc(NCCCN3CCC(OC(c4ccccc4)c4ccccc4)CC3)nn2c1=O.Cl. The number of rotatable bonds is 12. The van der Waals surface area contributed by atoms with Crippen molar-refractivity contribution in [2.45, 2.75) is 57.8 Å². The van der Waals surface area contributed by atoms with E-state index in [1.807, 2.05) is 12.1 Å². The number of anilines is 1. The van der Waals surface area contributed by atoms with Gasteiger partial charge in [-0.25, -0.2) is 9.59 Å². The third kappa shape index (κ3) is 7.62. The first-order valence-electron chi connectivity index (χ1n) is 14.7. The number of halogens is 1. The van der Waals surface area contributed by atoms with Gasteiger partial charge in [0.1, 0.15) is 11.9 Å². The Bertz CT molecular complexity index is 1480. The average Bonchev–Trinajstić information content (AvgIpc) is 3.36. The standard InChI is InChI=1S/C32H40N6O4.ClH/c1-4-41-30(39)32(2,3)38-31(40)37-28(35-38)17-16-27(34-37)33-20-11-21-36-22-18-26(19-23-36)42-29(24-12-7-5-8-13-24)25-14-9-6-10-15-25;/h5-10,12-17,26,29H,4,11,18-23H2,1-3H3,(H,33,34);1H. The molecule has 0 saturated carbocycles. The van der Waals surface area contributed by atoms with E-state index in [1.165, 1.54) is 15.6 Å². The van der Waals surface area contributed by atoms with Gasteiger partial charge in [0.05, 0.1) is 12.7 Å². The molecule has 0 bridgehead atoms. The van der Waals surface area contributed by atoms with Crippen LogP contribution < -0.4 is 11.0 Å². The zero-order chi connectivity index (χ0) is 29.5. The van der Waals surface area contributed by atoms with Crippen LogP contribution in [-0.4, -0.2) is 69.2 Å². The summed E-state index contributed by atoms with van der Waals surface area (Å²) in [5, 5.41) is 12.0. The van der Waals surface area contributed by atoms with E-state index in [4.69, 9.17) is 9.47 Å². The molecule has 3 heterocycles. The number of nitrogens with one attached hydrogen (secondary N) is 1. The normalized spacial score (nSPS) is 14.5. The number of hydrogen-bond acceptors (Lipinski definition) is 8. The van der Waals surface area contributed by atoms with Gasteiger partial charge in [0.2, 0.25) is 0 Å². The highest BCUT2D eigenvalue weighted by atomic mass is 35.5. The van der Waals surface area contributed by atoms with Gasteiger partial charge in [-0.1, -0.05) is 60.7 Å². The van der Waals surface area contributed by atoms with E-state index in [0.29, 0.717) is 11.5 Å². The molecule has 1 fully saturated rings. The summed E-state index contributed by atoms with van der Waals surface area (Å²) in [6.07, 6.45) is 3.09. The van der Waals surface area contributed by atoms with Gasteiger partial charge in [0.25, 0.3) is 0 Å². The predicted octanol–water partition coefficient (Wildman–Crippen LogP) is 4.68. The Labute approximate surface area is 258 Å². The van der Waals surface area contributed by atoms with Gasteiger partial charge < -0.3 is 19.7 Å². The summed E-state index contributed by atoms with van der Waals surface area (Å²) < 4.78 is 14.1. The minimum atomic E-state index is -1.24. The molecule has 0 aliphatic carbocycles. The molecule has 4 aromatic rings. The molecule has 0 unspecified atom stereocenters. The molecule has 2 aromatic heterocycles. The first-order valence-corrected chi connectivity index (χ1v) is 14.7. The predicted molar refractivity (Wildman–Crippen MR) is 169 cm³/mol. The summed E-state index contributed by atoms with van der Waals surface area (Å²) in [4.78, 5) is 27.8. The zero-order valence-corrected chi connectivity index (χ0v) is 25.8. The van der Waals surface area contributed by atoms with Gasteiger partial charge in [0.15, 0.2) is 11.2 Å². The highest BCUT2D eigenvalue weighted by molar-refractivity contribution is 5.85. The molecule has 11 heteroatoms. The fraction of sp³-hybridized carbons (Fsp3) is 0.438. The Morgan fingerprint density at radius 1 is 0.977 bits per heavy atom. The lowest BCUT2D eigenvalue weighted by Crippen LogP contribution is -2.44. The number of esters is 1. The van der Waals surface area contributed by atoms with Crippen LogP contribution in [0.4, 0.5) is 5.82 Å². The van der Waals surface area contributed by atoms with Crippen molar-refractivity contribution in [2.75, 3.05) is 38.1 Å². The first-order chi connectivity index (χ1) is 20.4. The van der Waals surface area contributed by atoms with Crippen LogP contribution in [-0.2, 0) is 19.8 Å². The van der Waals surface area contributed by atoms with Crippen LogP contribution in [0, 0.1) is 0 Å². The Hall–Kier alpha value is -3.73. The van der Waals surface area contributed by atoms with Crippen molar-refractivity contribution in [1.82, 2.24) is 24.3 Å². The van der Waals surface area contributed by atoms with Gasteiger partial charge in [-0.05, 0) is 69.8 Å². The smallest absolute Gasteiger partial charge is 0.368 e. The highest BCUT2D eigenvalue weighted by Crippen LogP contribution is 2.30. The van der Waals surface area contributed by atoms with Gasteiger partial charge in [0, 0.05) is 19.6 Å². The number of likely N-dealkylation sites (tertiary alicyclic amines) is 1. The minimum Gasteiger partial charge on any atom is -0.464 e. The second-order valence-corrected chi connectivity index (χ2v) is 11.1. The molecule has 230 valence electrons. The van der Waals surface area contributed by atoms with Crippen LogP contribution >= 0.6 is 12.4 Å². The van der Waals surface area contributed by atoms with Gasteiger partial charge in [-0.3, -0.25) is 0 Å². The van der Waals surface area contributed by atoms with Gasteiger partial charge in [-0.2, -0.15) is 9.20 Å². The number of hydrogen-bond donors (Lipinski definition) is 1. The number of benzene rings is 2. The maximum absolute atomic E-state index is 13.0. The van der Waals surface area contributed by atoms with Crippen molar-refractivity contribution < 1.29 is 14.3 Å². The summed E-state index contributed by atoms with van der Waals surface area (Å²) in [7, 11) is 0. The molecular formula is C32H41ClN6O4. The van der Waals surface area contributed by atoms with Crippen LogP contribution in [0.15, 0.2) is 77.6 Å². The maximum Gasteiger partial charge on any atom is 0.368 e. The summed E-state index contributed by atoms with van der Waals surface area (Å²) >= 11 is 0. The minimum absolute atomic E-state index is 0. The number of carbonyl (C=O) groups excluding carboxylic acids is 1. The second-order valence-electron chi connectivity index (χ2n) is 11.1. The third-order valence-corrected chi connectivity index (χ3v) is 7.71. The largest absolute Gasteiger partial charge is 0.464 e. The van der Waals surface area contributed by atoms with Crippen LogP contribution in [0.2, 0.25) is 0 Å². The Kier molecular flexibility index (Phi) is 11.0. The lowest BCUT2D eigenvalue weighted by Gasteiger charge is -2.34. The topological polar surface area (TPSA) is 103 Å². The first kappa shape index (κ1) is 32.2. The summed E-state index contributed by atoms with van der Waals surface area (Å²) in [5.41, 5.74) is 1.01. The fourth-order valence-electron chi connectivity index (χ4n) is 5.31. The monoisotopic (exact) mass is 608 g/mol. The van der Waals surface area contributed by atoms with E-state index >= 15 is 0 Å². The molecule has 0 atom stereocenters. The molecule has 43 heavy (non-hydrogen) atoms. The van der Waals surface area contributed by atoms with Crippen molar-refractivity contribution in [1.29, 1.82) is 0 Å². The lowest BCUT2D eigenvalue weighted by atomic mass is 10.00. The highest BCUT2D eigenvalue weighted by Gasteiger charge is 2.35. The number of ether oxygens (including phenoxy) is 2. The molecular weight excluding hydrogens is 568 g/mol. The molecule has 5 rings (SSSR count). The van der Waals surface area contributed by atoms with Crippen molar-refractivity contribution in [3.63, 3.8) is 0 Å². The van der Waals surface area contributed by atoms with E-state index in [2.05, 4.69) is 68.9 Å². The number of nitrogens with zero attached hydrogens (tertiary/aromatic N) is 5.